The van der Waals surface area contributed by atoms with Crippen molar-refractivity contribution < 1.29 is 14.7 Å². The number of aromatic nitrogens is 3. The Morgan fingerprint density at radius 2 is 2.00 bits per heavy atom. The number of nitrogens with one attached hydrogen (secondary N) is 2. The molecule has 5 atom stereocenters. The van der Waals surface area contributed by atoms with Gasteiger partial charge in [0.15, 0.2) is 5.65 Å². The van der Waals surface area contributed by atoms with Crippen molar-refractivity contribution in [1.29, 1.82) is 0 Å². The molecule has 5 unspecified atom stereocenters. The highest BCUT2D eigenvalue weighted by molar-refractivity contribution is 6.34. The Hall–Kier alpha value is -3.47. The van der Waals surface area contributed by atoms with Crippen molar-refractivity contribution in [2.45, 2.75) is 25.5 Å². The van der Waals surface area contributed by atoms with Crippen LogP contribution in [0.5, 0.6) is 0 Å². The molecule has 10 nitrogen and oxygen atoms in total. The Labute approximate surface area is 231 Å². The number of rotatable bonds is 7. The third-order valence-corrected chi connectivity index (χ3v) is 8.42. The molecule has 1 aliphatic heterocycles. The summed E-state index contributed by atoms with van der Waals surface area (Å²) in [5, 5.41) is 13.6. The van der Waals surface area contributed by atoms with Gasteiger partial charge in [-0.15, -0.1) is 0 Å². The van der Waals surface area contributed by atoms with Crippen molar-refractivity contribution in [3.8, 4) is 11.4 Å². The number of aliphatic hydroxyl groups is 1. The number of carbonyl (C=O) groups is 2. The van der Waals surface area contributed by atoms with Gasteiger partial charge < -0.3 is 26.0 Å². The minimum atomic E-state index is -0.387. The van der Waals surface area contributed by atoms with E-state index in [1.165, 1.54) is 0 Å². The van der Waals surface area contributed by atoms with Crippen molar-refractivity contribution in [3.05, 3.63) is 53.2 Å². The zero-order valence-corrected chi connectivity index (χ0v) is 22.4. The topological polar surface area (TPSA) is 140 Å². The number of hydrogen-bond donors (Lipinski definition) is 4. The van der Waals surface area contributed by atoms with Gasteiger partial charge >= 0.3 is 0 Å². The largest absolute Gasteiger partial charge is 0.392 e. The van der Waals surface area contributed by atoms with Crippen LogP contribution in [-0.2, 0) is 4.79 Å². The summed E-state index contributed by atoms with van der Waals surface area (Å²) >= 11 is 6.58. The minimum absolute atomic E-state index is 0.0324. The summed E-state index contributed by atoms with van der Waals surface area (Å²) in [4.78, 5) is 41.9. The molecule has 3 aliphatic rings. The highest BCUT2D eigenvalue weighted by Crippen LogP contribution is 2.46. The molecule has 39 heavy (non-hydrogen) atoms. The molecule has 1 saturated heterocycles. The molecule has 11 heteroatoms. The molecule has 1 aromatic carbocycles. The number of pyridine rings is 1. The van der Waals surface area contributed by atoms with Crippen molar-refractivity contribution >= 4 is 40.3 Å². The summed E-state index contributed by atoms with van der Waals surface area (Å²) in [5.74, 6) is 0.249. The van der Waals surface area contributed by atoms with Gasteiger partial charge in [-0.1, -0.05) is 35.9 Å². The number of aliphatic hydroxyl groups excluding tert-OH is 1. The Bertz CT molecular complexity index is 1450. The van der Waals surface area contributed by atoms with Crippen LogP contribution in [0.2, 0.25) is 5.02 Å². The lowest BCUT2D eigenvalue weighted by atomic mass is 9.88. The Morgan fingerprint density at radius 1 is 1.23 bits per heavy atom. The van der Waals surface area contributed by atoms with E-state index in [0.717, 1.165) is 25.1 Å². The molecule has 204 valence electrons. The lowest BCUT2D eigenvalue weighted by molar-refractivity contribution is -0.122. The summed E-state index contributed by atoms with van der Waals surface area (Å²) in [6, 6.07) is 7.23. The Balaban J connectivity index is 1.24. The molecule has 2 fully saturated rings. The van der Waals surface area contributed by atoms with Crippen LogP contribution in [0.25, 0.3) is 22.6 Å². The molecule has 0 radical (unpaired) electrons. The number of imidazole rings is 1. The molecule has 2 bridgehead atoms. The van der Waals surface area contributed by atoms with Gasteiger partial charge in [0.05, 0.1) is 28.9 Å². The van der Waals surface area contributed by atoms with E-state index < -0.39 is 0 Å². The predicted molar refractivity (Wildman–Crippen MR) is 149 cm³/mol. The van der Waals surface area contributed by atoms with Crippen LogP contribution in [-0.4, -0.2) is 86.5 Å². The Kier molecular flexibility index (Phi) is 6.78. The number of nitrogens with two attached hydrogens (primary N) is 1. The van der Waals surface area contributed by atoms with E-state index in [9.17, 15) is 14.7 Å². The first-order valence-corrected chi connectivity index (χ1v) is 13.7. The number of fused-ring (bicyclic) bond motifs is 3. The number of allylic oxidation sites excluding steroid dienone is 1. The van der Waals surface area contributed by atoms with Gasteiger partial charge in [-0.2, -0.15) is 0 Å². The summed E-state index contributed by atoms with van der Waals surface area (Å²) in [6.45, 7) is 5.08. The van der Waals surface area contributed by atoms with Crippen LogP contribution in [0.4, 0.5) is 5.69 Å². The normalized spacial score (nSPS) is 25.4. The molecule has 3 aromatic rings. The number of halogens is 1. The molecular formula is C28H32ClN7O3. The Morgan fingerprint density at radius 3 is 2.74 bits per heavy atom. The number of amides is 2. The number of piperazine rings is 1. The predicted octanol–water partition coefficient (Wildman–Crippen LogP) is 2.50. The maximum absolute atomic E-state index is 13.3. The molecule has 5 N–H and O–H groups in total. The van der Waals surface area contributed by atoms with Crippen LogP contribution in [0.15, 0.2) is 42.6 Å². The maximum atomic E-state index is 13.3. The monoisotopic (exact) mass is 549 g/mol. The van der Waals surface area contributed by atoms with Gasteiger partial charge in [-0.3, -0.25) is 14.5 Å². The van der Waals surface area contributed by atoms with E-state index in [-0.39, 0.29) is 41.7 Å². The second-order valence-electron chi connectivity index (χ2n) is 10.8. The fraction of sp³-hybridized carbons (Fsp3) is 0.429. The zero-order valence-electron chi connectivity index (χ0n) is 21.7. The van der Waals surface area contributed by atoms with Gasteiger partial charge in [0.25, 0.3) is 5.91 Å². The molecule has 1 saturated carbocycles. The molecular weight excluding hydrogens is 518 g/mol. The zero-order chi connectivity index (χ0) is 27.3. The summed E-state index contributed by atoms with van der Waals surface area (Å²) in [6.07, 6.45) is 6.28. The van der Waals surface area contributed by atoms with Gasteiger partial charge in [-0.25, -0.2) is 9.97 Å². The number of carbonyl (C=O) groups excluding carboxylic acids is 2. The fourth-order valence-electron chi connectivity index (χ4n) is 6.27. The first-order valence-electron chi connectivity index (χ1n) is 13.4. The lowest BCUT2D eigenvalue weighted by Gasteiger charge is -2.35. The van der Waals surface area contributed by atoms with Crippen molar-refractivity contribution in [1.82, 2.24) is 24.8 Å². The first kappa shape index (κ1) is 25.8. The van der Waals surface area contributed by atoms with Gasteiger partial charge in [0.2, 0.25) is 5.91 Å². The van der Waals surface area contributed by atoms with Crippen LogP contribution in [0.1, 0.15) is 23.7 Å². The average Bonchev–Trinajstić information content (AvgIpc) is 3.65. The third-order valence-electron chi connectivity index (χ3n) is 8.14. The average molecular weight is 550 g/mol. The third kappa shape index (κ3) is 4.88. The molecule has 2 aliphatic carbocycles. The highest BCUT2D eigenvalue weighted by atomic mass is 35.5. The minimum Gasteiger partial charge on any atom is -0.392 e. The molecule has 2 amide bonds. The van der Waals surface area contributed by atoms with Gasteiger partial charge in [-0.05, 0) is 37.3 Å². The lowest BCUT2D eigenvalue weighted by Crippen LogP contribution is -2.50. The summed E-state index contributed by atoms with van der Waals surface area (Å²) < 4.78 is 0. The second kappa shape index (κ2) is 10.3. The molecule has 2 aromatic heterocycles. The van der Waals surface area contributed by atoms with Crippen LogP contribution in [0.3, 0.4) is 0 Å². The van der Waals surface area contributed by atoms with E-state index in [2.05, 4.69) is 37.3 Å². The van der Waals surface area contributed by atoms with Gasteiger partial charge in [0.1, 0.15) is 11.3 Å². The van der Waals surface area contributed by atoms with Crippen LogP contribution in [0, 0.1) is 17.8 Å². The maximum Gasteiger partial charge on any atom is 0.253 e. The van der Waals surface area contributed by atoms with Crippen molar-refractivity contribution in [3.63, 3.8) is 0 Å². The van der Waals surface area contributed by atoms with E-state index in [1.807, 2.05) is 29.2 Å². The molecule has 6 rings (SSSR count). The van der Waals surface area contributed by atoms with Crippen LogP contribution < -0.4 is 11.1 Å². The number of H-pyrrole nitrogens is 1. The fourth-order valence-corrected chi connectivity index (χ4v) is 6.47. The van der Waals surface area contributed by atoms with Gasteiger partial charge in [0, 0.05) is 49.9 Å². The number of benzene rings is 1. The highest BCUT2D eigenvalue weighted by Gasteiger charge is 2.47. The number of β-amino-alcohol motifs (C(OH)–C–C–N with tert-alkyl or cyclic N) is 1. The van der Waals surface area contributed by atoms with E-state index in [1.54, 1.807) is 13.1 Å². The molecule has 3 heterocycles. The van der Waals surface area contributed by atoms with Crippen molar-refractivity contribution in [2.24, 2.45) is 23.5 Å². The quantitative estimate of drug-likeness (QED) is 0.332. The standard InChI is InChI=1S/C28H32ClN7O3/c1-15(37)14-35-7-9-36(10-8-35)28(39)19-4-2-3-18(12-19)26-33-24-23(20(29)13-31-27(24)34-26)32-22-17-6-5-16(11-17)21(22)25(30)38/h2-6,12-13,15-17,21-22,37H,7-11,14H2,1H3,(H2,30,38)(H2,31,32,33,34). The number of aromatic amines is 1. The number of anilines is 1. The smallest absolute Gasteiger partial charge is 0.253 e. The van der Waals surface area contributed by atoms with E-state index in [4.69, 9.17) is 17.3 Å². The number of hydrogen-bond acceptors (Lipinski definition) is 7. The SMILES string of the molecule is CC(O)CN1CCN(C(=O)c2cccc(-c3nc4ncc(Cl)c(NC5C6C=CC(C6)C5C(N)=O)c4[nH]3)c2)CC1. The summed E-state index contributed by atoms with van der Waals surface area (Å²) in [7, 11) is 0. The van der Waals surface area contributed by atoms with Crippen molar-refractivity contribution in [2.75, 3.05) is 38.0 Å². The second-order valence-corrected chi connectivity index (χ2v) is 11.2. The number of nitrogens with zero attached hydrogens (tertiary/aromatic N) is 4. The summed E-state index contributed by atoms with van der Waals surface area (Å²) in [5.41, 5.74) is 8.85. The van der Waals surface area contributed by atoms with E-state index >= 15 is 0 Å². The van der Waals surface area contributed by atoms with Crippen LogP contribution >= 0.6 is 11.6 Å². The number of primary amides is 1. The first-order chi connectivity index (χ1) is 18.8. The van der Waals surface area contributed by atoms with E-state index in [0.29, 0.717) is 52.9 Å². The molecule has 0 spiro atoms.